The minimum atomic E-state index is -4.54. The third-order valence-electron chi connectivity index (χ3n) is 5.11. The lowest BCUT2D eigenvalue weighted by Crippen LogP contribution is -2.09. The third-order valence-corrected chi connectivity index (χ3v) is 5.36. The van der Waals surface area contributed by atoms with Gasteiger partial charge in [0.05, 0.1) is 35.1 Å². The predicted octanol–water partition coefficient (Wildman–Crippen LogP) is 5.65. The number of benzene rings is 1. The van der Waals surface area contributed by atoms with Crippen LogP contribution < -0.4 is 0 Å². The molecule has 4 aromatic rings. The van der Waals surface area contributed by atoms with E-state index in [1.165, 1.54) is 4.68 Å². The molecule has 0 bridgehead atoms. The van der Waals surface area contributed by atoms with Crippen molar-refractivity contribution in [2.24, 2.45) is 0 Å². The van der Waals surface area contributed by atoms with Crippen LogP contribution >= 0.6 is 11.6 Å². The standard InChI is InChI=1S/C21H19ClF3N5/c1-4-29-13(3)16(10-26-29)18-9-17(21(23,24)25)19-12(2)28-30(20(19)27-18)11-14-5-7-15(22)8-6-14/h5-10H,4,11H2,1-3H3. The minimum absolute atomic E-state index is 0.0146. The molecule has 9 heteroatoms. The molecule has 0 aliphatic heterocycles. The van der Waals surface area contributed by atoms with E-state index in [0.717, 1.165) is 17.3 Å². The average Bonchev–Trinajstić information content (AvgIpc) is 3.22. The SMILES string of the molecule is CCn1ncc(-c2cc(C(F)(F)F)c3c(C)nn(Cc4ccc(Cl)cc4)c3n2)c1C. The number of hydrogen-bond donors (Lipinski definition) is 0. The molecular weight excluding hydrogens is 415 g/mol. The molecule has 3 heterocycles. The summed E-state index contributed by atoms with van der Waals surface area (Å²) in [6.45, 7) is 6.21. The Morgan fingerprint density at radius 1 is 1.07 bits per heavy atom. The van der Waals surface area contributed by atoms with Gasteiger partial charge in [-0.05, 0) is 44.5 Å². The second kappa shape index (κ2) is 7.43. The van der Waals surface area contributed by atoms with Gasteiger partial charge in [-0.25, -0.2) is 9.67 Å². The molecule has 0 saturated heterocycles. The Morgan fingerprint density at radius 2 is 1.77 bits per heavy atom. The summed E-state index contributed by atoms with van der Waals surface area (Å²) in [5, 5.41) is 9.21. The summed E-state index contributed by atoms with van der Waals surface area (Å²) in [6.07, 6.45) is -2.98. The molecule has 0 spiro atoms. The zero-order chi connectivity index (χ0) is 21.6. The molecule has 5 nitrogen and oxygen atoms in total. The van der Waals surface area contributed by atoms with E-state index < -0.39 is 11.7 Å². The molecule has 3 aromatic heterocycles. The first-order valence-corrected chi connectivity index (χ1v) is 9.79. The van der Waals surface area contributed by atoms with E-state index in [1.807, 2.05) is 26.0 Å². The van der Waals surface area contributed by atoms with Crippen LogP contribution in [0, 0.1) is 13.8 Å². The van der Waals surface area contributed by atoms with Gasteiger partial charge in [0.25, 0.3) is 0 Å². The lowest BCUT2D eigenvalue weighted by Gasteiger charge is -2.12. The maximum Gasteiger partial charge on any atom is 0.417 e. The van der Waals surface area contributed by atoms with E-state index >= 15 is 0 Å². The number of halogens is 4. The number of aromatic nitrogens is 5. The topological polar surface area (TPSA) is 48.5 Å². The Balaban J connectivity index is 1.94. The predicted molar refractivity (Wildman–Crippen MR) is 109 cm³/mol. The van der Waals surface area contributed by atoms with Crippen LogP contribution in [-0.4, -0.2) is 24.5 Å². The monoisotopic (exact) mass is 433 g/mol. The summed E-state index contributed by atoms with van der Waals surface area (Å²) >= 11 is 5.93. The van der Waals surface area contributed by atoms with Crippen molar-refractivity contribution in [1.29, 1.82) is 0 Å². The molecule has 0 unspecified atom stereocenters. The van der Waals surface area contributed by atoms with E-state index in [4.69, 9.17) is 11.6 Å². The Labute approximate surface area is 176 Å². The van der Waals surface area contributed by atoms with E-state index in [0.29, 0.717) is 17.1 Å². The zero-order valence-corrected chi connectivity index (χ0v) is 17.4. The van der Waals surface area contributed by atoms with Crippen molar-refractivity contribution in [3.63, 3.8) is 0 Å². The Kier molecular flexibility index (Phi) is 5.05. The van der Waals surface area contributed by atoms with Crippen molar-refractivity contribution < 1.29 is 13.2 Å². The van der Waals surface area contributed by atoms with Gasteiger partial charge in [0.2, 0.25) is 0 Å². The number of fused-ring (bicyclic) bond motifs is 1. The second-order valence-corrected chi connectivity index (χ2v) is 7.52. The number of aryl methyl sites for hydroxylation is 2. The quantitative estimate of drug-likeness (QED) is 0.417. The summed E-state index contributed by atoms with van der Waals surface area (Å²) in [7, 11) is 0. The van der Waals surface area contributed by atoms with Gasteiger partial charge in [-0.3, -0.25) is 4.68 Å². The number of pyridine rings is 1. The van der Waals surface area contributed by atoms with Crippen LogP contribution in [0.3, 0.4) is 0 Å². The lowest BCUT2D eigenvalue weighted by atomic mass is 10.1. The molecule has 0 N–H and O–H groups in total. The number of rotatable bonds is 4. The Bertz CT molecular complexity index is 1220. The highest BCUT2D eigenvalue weighted by atomic mass is 35.5. The fourth-order valence-electron chi connectivity index (χ4n) is 3.60. The second-order valence-electron chi connectivity index (χ2n) is 7.08. The fraction of sp³-hybridized carbons (Fsp3) is 0.286. The van der Waals surface area contributed by atoms with Crippen LogP contribution in [0.2, 0.25) is 5.02 Å². The van der Waals surface area contributed by atoms with Crippen molar-refractivity contribution in [2.45, 2.75) is 40.0 Å². The average molecular weight is 434 g/mol. The van der Waals surface area contributed by atoms with Gasteiger partial charge in [0, 0.05) is 22.8 Å². The van der Waals surface area contributed by atoms with Crippen LogP contribution in [0.1, 0.15) is 29.4 Å². The summed E-state index contributed by atoms with van der Waals surface area (Å²) < 4.78 is 45.1. The first-order valence-electron chi connectivity index (χ1n) is 9.41. The van der Waals surface area contributed by atoms with Crippen molar-refractivity contribution >= 4 is 22.6 Å². The maximum absolute atomic E-state index is 13.9. The van der Waals surface area contributed by atoms with Crippen LogP contribution in [0.5, 0.6) is 0 Å². The molecule has 156 valence electrons. The van der Waals surface area contributed by atoms with E-state index in [2.05, 4.69) is 15.2 Å². The molecule has 0 aliphatic carbocycles. The molecule has 0 radical (unpaired) electrons. The van der Waals surface area contributed by atoms with Gasteiger partial charge in [0.1, 0.15) is 0 Å². The van der Waals surface area contributed by atoms with Gasteiger partial charge >= 0.3 is 6.18 Å². The summed E-state index contributed by atoms with van der Waals surface area (Å²) in [6, 6.07) is 8.19. The van der Waals surface area contributed by atoms with Gasteiger partial charge < -0.3 is 0 Å². The highest BCUT2D eigenvalue weighted by molar-refractivity contribution is 6.30. The fourth-order valence-corrected chi connectivity index (χ4v) is 3.73. The highest BCUT2D eigenvalue weighted by Crippen LogP contribution is 2.38. The number of hydrogen-bond acceptors (Lipinski definition) is 3. The molecule has 30 heavy (non-hydrogen) atoms. The largest absolute Gasteiger partial charge is 0.417 e. The van der Waals surface area contributed by atoms with E-state index in [9.17, 15) is 13.2 Å². The molecule has 1 aromatic carbocycles. The van der Waals surface area contributed by atoms with Gasteiger partial charge in [-0.1, -0.05) is 23.7 Å². The van der Waals surface area contributed by atoms with Crippen LogP contribution in [-0.2, 0) is 19.3 Å². The summed E-state index contributed by atoms with van der Waals surface area (Å²) in [5.41, 5.74) is 2.15. The molecule has 0 saturated carbocycles. The van der Waals surface area contributed by atoms with Gasteiger partial charge in [-0.2, -0.15) is 23.4 Å². The first-order chi connectivity index (χ1) is 14.2. The molecular formula is C21H19ClF3N5. The highest BCUT2D eigenvalue weighted by Gasteiger charge is 2.36. The van der Waals surface area contributed by atoms with Crippen molar-refractivity contribution in [3.05, 3.63) is 64.1 Å². The molecule has 4 rings (SSSR count). The Morgan fingerprint density at radius 3 is 2.37 bits per heavy atom. The van der Waals surface area contributed by atoms with Crippen LogP contribution in [0.25, 0.3) is 22.3 Å². The molecule has 0 aliphatic rings. The minimum Gasteiger partial charge on any atom is -0.269 e. The number of alkyl halides is 3. The third kappa shape index (κ3) is 3.56. The zero-order valence-electron chi connectivity index (χ0n) is 16.6. The van der Waals surface area contributed by atoms with Gasteiger partial charge in [-0.15, -0.1) is 0 Å². The smallest absolute Gasteiger partial charge is 0.269 e. The van der Waals surface area contributed by atoms with Crippen LogP contribution in [0.15, 0.2) is 36.5 Å². The van der Waals surface area contributed by atoms with Crippen molar-refractivity contribution in [3.8, 4) is 11.3 Å². The maximum atomic E-state index is 13.9. The normalized spacial score (nSPS) is 12.1. The Hall–Kier alpha value is -2.87. The van der Waals surface area contributed by atoms with Crippen molar-refractivity contribution in [1.82, 2.24) is 24.5 Å². The molecule has 0 amide bonds. The summed E-state index contributed by atoms with van der Waals surface area (Å²) in [4.78, 5) is 4.58. The van der Waals surface area contributed by atoms with Crippen LogP contribution in [0.4, 0.5) is 13.2 Å². The van der Waals surface area contributed by atoms with E-state index in [1.54, 1.807) is 29.9 Å². The molecule has 0 atom stereocenters. The number of nitrogens with zero attached hydrogens (tertiary/aromatic N) is 5. The summed E-state index contributed by atoms with van der Waals surface area (Å²) in [5.74, 6) is 0. The van der Waals surface area contributed by atoms with E-state index in [-0.39, 0.29) is 29.0 Å². The first kappa shape index (κ1) is 20.4. The molecule has 0 fully saturated rings. The van der Waals surface area contributed by atoms with Gasteiger partial charge in [0.15, 0.2) is 5.65 Å². The lowest BCUT2D eigenvalue weighted by molar-refractivity contribution is -0.136. The van der Waals surface area contributed by atoms with Crippen molar-refractivity contribution in [2.75, 3.05) is 0 Å².